The van der Waals surface area contributed by atoms with Gasteiger partial charge in [0.05, 0.1) is 23.6 Å². The lowest BCUT2D eigenvalue weighted by Crippen LogP contribution is -2.47. The van der Waals surface area contributed by atoms with Crippen molar-refractivity contribution in [2.75, 3.05) is 32.8 Å². The van der Waals surface area contributed by atoms with Crippen LogP contribution in [0.1, 0.15) is 29.7 Å². The predicted octanol–water partition coefficient (Wildman–Crippen LogP) is 6.17. The van der Waals surface area contributed by atoms with Crippen LogP contribution in [0.5, 0.6) is 0 Å². The van der Waals surface area contributed by atoms with Crippen molar-refractivity contribution in [3.63, 3.8) is 0 Å². The molecule has 5 aromatic rings. The molecule has 0 radical (unpaired) electrons. The van der Waals surface area contributed by atoms with Gasteiger partial charge in [-0.25, -0.2) is 4.98 Å². The SMILES string of the molecule is CC(=O)OCCn1c(-c2ccccc2)nc2cc(CN3CCN(C(c4ccccc4)c4ccccc4)CC3)ccc21. The zero-order valence-electron chi connectivity index (χ0n) is 23.5. The van der Waals surface area contributed by atoms with Crippen LogP contribution in [0.2, 0.25) is 0 Å². The molecule has 41 heavy (non-hydrogen) atoms. The summed E-state index contributed by atoms with van der Waals surface area (Å²) in [6, 6.07) is 38.8. The Labute approximate surface area is 241 Å². The van der Waals surface area contributed by atoms with Crippen molar-refractivity contribution in [3.05, 3.63) is 126 Å². The van der Waals surface area contributed by atoms with Gasteiger partial charge in [0.15, 0.2) is 0 Å². The fourth-order valence-corrected chi connectivity index (χ4v) is 5.91. The first-order chi connectivity index (χ1) is 20.2. The second kappa shape index (κ2) is 12.5. The Balaban J connectivity index is 1.18. The normalized spacial score (nSPS) is 14.5. The largest absolute Gasteiger partial charge is 0.464 e. The molecule has 0 aliphatic carbocycles. The van der Waals surface area contributed by atoms with Crippen molar-refractivity contribution in [1.82, 2.24) is 19.4 Å². The number of aromatic nitrogens is 2. The Hall–Kier alpha value is -4.26. The second-order valence-corrected chi connectivity index (χ2v) is 10.7. The lowest BCUT2D eigenvalue weighted by atomic mass is 9.96. The summed E-state index contributed by atoms with van der Waals surface area (Å²) in [6.45, 7) is 7.27. The van der Waals surface area contributed by atoms with E-state index in [0.717, 1.165) is 55.1 Å². The number of hydrogen-bond acceptors (Lipinski definition) is 5. The van der Waals surface area contributed by atoms with Gasteiger partial charge in [-0.15, -0.1) is 0 Å². The van der Waals surface area contributed by atoms with Crippen LogP contribution in [0.4, 0.5) is 0 Å². The highest BCUT2D eigenvalue weighted by atomic mass is 16.5. The first kappa shape index (κ1) is 26.9. The van der Waals surface area contributed by atoms with Crippen molar-refractivity contribution in [2.45, 2.75) is 26.1 Å². The van der Waals surface area contributed by atoms with E-state index >= 15 is 0 Å². The number of rotatable bonds is 9. The number of nitrogens with zero attached hydrogens (tertiary/aromatic N) is 4. The van der Waals surface area contributed by atoms with Crippen LogP contribution < -0.4 is 0 Å². The van der Waals surface area contributed by atoms with E-state index < -0.39 is 0 Å². The highest BCUT2D eigenvalue weighted by Crippen LogP contribution is 2.30. The minimum absolute atomic E-state index is 0.267. The van der Waals surface area contributed by atoms with Crippen molar-refractivity contribution in [1.29, 1.82) is 0 Å². The highest BCUT2D eigenvalue weighted by Gasteiger charge is 2.26. The average molecular weight is 545 g/mol. The van der Waals surface area contributed by atoms with E-state index in [2.05, 4.69) is 105 Å². The number of carbonyl (C=O) groups excluding carboxylic acids is 1. The van der Waals surface area contributed by atoms with Crippen LogP contribution >= 0.6 is 0 Å². The van der Waals surface area contributed by atoms with Gasteiger partial charge >= 0.3 is 5.97 Å². The number of fused-ring (bicyclic) bond motifs is 1. The van der Waals surface area contributed by atoms with Gasteiger partial charge in [0.25, 0.3) is 0 Å². The summed E-state index contributed by atoms with van der Waals surface area (Å²) in [5, 5.41) is 0. The zero-order valence-corrected chi connectivity index (χ0v) is 23.5. The van der Waals surface area contributed by atoms with Gasteiger partial charge in [0, 0.05) is 45.2 Å². The van der Waals surface area contributed by atoms with Crippen LogP contribution in [0.25, 0.3) is 22.4 Å². The summed E-state index contributed by atoms with van der Waals surface area (Å²) < 4.78 is 7.42. The van der Waals surface area contributed by atoms with Gasteiger partial charge in [-0.1, -0.05) is 97.1 Å². The topological polar surface area (TPSA) is 50.6 Å². The van der Waals surface area contributed by atoms with E-state index in [4.69, 9.17) is 9.72 Å². The fourth-order valence-electron chi connectivity index (χ4n) is 5.91. The molecule has 0 atom stereocenters. The van der Waals surface area contributed by atoms with Crippen LogP contribution in [0.15, 0.2) is 109 Å². The first-order valence-electron chi connectivity index (χ1n) is 14.4. The van der Waals surface area contributed by atoms with Crippen LogP contribution in [0.3, 0.4) is 0 Å². The monoisotopic (exact) mass is 544 g/mol. The number of imidazole rings is 1. The summed E-state index contributed by atoms with van der Waals surface area (Å²) in [5.41, 5.74) is 7.02. The maximum absolute atomic E-state index is 11.4. The van der Waals surface area contributed by atoms with Gasteiger partial charge in [-0.05, 0) is 28.8 Å². The van der Waals surface area contributed by atoms with Crippen LogP contribution in [-0.4, -0.2) is 58.1 Å². The fraction of sp³-hybridized carbons (Fsp3) is 0.257. The van der Waals surface area contributed by atoms with Gasteiger partial charge < -0.3 is 9.30 Å². The maximum Gasteiger partial charge on any atom is 0.302 e. The molecule has 1 saturated heterocycles. The molecule has 0 bridgehead atoms. The Kier molecular flexibility index (Phi) is 8.21. The molecular weight excluding hydrogens is 508 g/mol. The Bertz CT molecular complexity index is 1540. The third kappa shape index (κ3) is 6.24. The minimum Gasteiger partial charge on any atom is -0.464 e. The minimum atomic E-state index is -0.267. The first-order valence-corrected chi connectivity index (χ1v) is 14.4. The molecule has 1 aliphatic heterocycles. The van der Waals surface area contributed by atoms with Crippen LogP contribution in [-0.2, 0) is 22.6 Å². The number of carbonyl (C=O) groups is 1. The van der Waals surface area contributed by atoms with Crippen molar-refractivity contribution < 1.29 is 9.53 Å². The molecule has 1 aromatic heterocycles. The molecule has 6 nitrogen and oxygen atoms in total. The molecule has 0 amide bonds. The summed E-state index contributed by atoms with van der Waals surface area (Å²) in [4.78, 5) is 21.6. The summed E-state index contributed by atoms with van der Waals surface area (Å²) in [6.07, 6.45) is 0. The van der Waals surface area contributed by atoms with Crippen molar-refractivity contribution in [2.24, 2.45) is 0 Å². The number of ether oxygens (including phenoxy) is 1. The Morgan fingerprint density at radius 3 is 2.02 bits per heavy atom. The quantitative estimate of drug-likeness (QED) is 0.208. The van der Waals surface area contributed by atoms with Crippen LogP contribution in [0, 0.1) is 0 Å². The standard InChI is InChI=1S/C35H36N4O2/c1-27(40)41-24-23-39-33-18-17-28(25-32(33)36-35(39)31-15-9-4-10-16-31)26-37-19-21-38(22-20-37)34(29-11-5-2-6-12-29)30-13-7-3-8-14-30/h2-18,25,34H,19-24,26H2,1H3. The molecule has 1 fully saturated rings. The molecule has 1 aliphatic rings. The van der Waals surface area contributed by atoms with Gasteiger partial charge in [0.2, 0.25) is 0 Å². The molecule has 208 valence electrons. The van der Waals surface area contributed by atoms with E-state index in [1.807, 2.05) is 18.2 Å². The van der Waals surface area contributed by atoms with Crippen molar-refractivity contribution in [3.8, 4) is 11.4 Å². The molecule has 6 heteroatoms. The maximum atomic E-state index is 11.4. The molecule has 6 rings (SSSR count). The number of hydrogen-bond donors (Lipinski definition) is 0. The number of esters is 1. The lowest BCUT2D eigenvalue weighted by molar-refractivity contribution is -0.141. The van der Waals surface area contributed by atoms with Crippen molar-refractivity contribution >= 4 is 17.0 Å². The van der Waals surface area contributed by atoms with E-state index in [1.54, 1.807) is 0 Å². The summed E-state index contributed by atoms with van der Waals surface area (Å²) in [7, 11) is 0. The summed E-state index contributed by atoms with van der Waals surface area (Å²) in [5.74, 6) is 0.628. The average Bonchev–Trinajstić information content (AvgIpc) is 3.37. The Morgan fingerprint density at radius 1 is 0.805 bits per heavy atom. The molecular formula is C35H36N4O2. The van der Waals surface area contributed by atoms with Gasteiger partial charge in [-0.2, -0.15) is 0 Å². The zero-order chi connectivity index (χ0) is 28.0. The molecule has 0 unspecified atom stereocenters. The molecule has 0 saturated carbocycles. The smallest absolute Gasteiger partial charge is 0.302 e. The van der Waals surface area contributed by atoms with E-state index in [9.17, 15) is 4.79 Å². The number of piperazine rings is 1. The second-order valence-electron chi connectivity index (χ2n) is 10.7. The Morgan fingerprint density at radius 2 is 1.41 bits per heavy atom. The predicted molar refractivity (Wildman–Crippen MR) is 163 cm³/mol. The van der Waals surface area contributed by atoms with Gasteiger partial charge in [-0.3, -0.25) is 14.6 Å². The van der Waals surface area contributed by atoms with E-state index in [1.165, 1.54) is 23.6 Å². The molecule has 0 N–H and O–H groups in total. The third-order valence-electron chi connectivity index (χ3n) is 7.87. The molecule has 4 aromatic carbocycles. The van der Waals surface area contributed by atoms with Gasteiger partial charge in [0.1, 0.15) is 12.4 Å². The number of benzene rings is 4. The lowest BCUT2D eigenvalue weighted by Gasteiger charge is -2.39. The third-order valence-corrected chi connectivity index (χ3v) is 7.87. The molecule has 2 heterocycles. The van der Waals surface area contributed by atoms with E-state index in [-0.39, 0.29) is 12.0 Å². The van der Waals surface area contributed by atoms with E-state index in [0.29, 0.717) is 13.2 Å². The highest BCUT2D eigenvalue weighted by molar-refractivity contribution is 5.81. The molecule has 0 spiro atoms. The summed E-state index contributed by atoms with van der Waals surface area (Å²) >= 11 is 0.